The molecule has 0 spiro atoms. The van der Waals surface area contributed by atoms with E-state index in [1.165, 1.54) is 0 Å². The Labute approximate surface area is 60.7 Å². The van der Waals surface area contributed by atoms with Gasteiger partial charge in [-0.05, 0) is 6.42 Å². The van der Waals surface area contributed by atoms with Gasteiger partial charge in [0.15, 0.2) is 0 Å². The fraction of sp³-hybridized carbons (Fsp3) is 0.714. The highest BCUT2D eigenvalue weighted by Gasteiger charge is 2.34. The molecule has 0 N–H and O–H groups in total. The summed E-state index contributed by atoms with van der Waals surface area (Å²) in [5.74, 6) is 1.20. The van der Waals surface area contributed by atoms with Gasteiger partial charge >= 0.3 is 0 Å². The molecule has 0 radical (unpaired) electrons. The predicted molar refractivity (Wildman–Crippen MR) is 38.8 cm³/mol. The maximum atomic E-state index is 5.41. The van der Waals surface area contributed by atoms with Gasteiger partial charge in [-0.15, -0.1) is 18.2 Å². The monoisotopic (exact) mass is 146 g/mol. The zero-order valence-electron chi connectivity index (χ0n) is 5.35. The molecule has 1 nitrogen and oxygen atoms in total. The van der Waals surface area contributed by atoms with Gasteiger partial charge in [-0.25, -0.2) is 0 Å². The first-order chi connectivity index (χ1) is 4.38. The van der Waals surface area contributed by atoms with E-state index < -0.39 is 0 Å². The predicted octanol–water partition coefficient (Wildman–Crippen LogP) is 1.82. The van der Waals surface area contributed by atoms with Crippen LogP contribution >= 0.6 is 11.6 Å². The summed E-state index contributed by atoms with van der Waals surface area (Å²) in [6.07, 6.45) is 3.51. The molecule has 1 rings (SSSR count). The van der Waals surface area contributed by atoms with Crippen molar-refractivity contribution in [3.8, 4) is 0 Å². The second-order valence-corrected chi connectivity index (χ2v) is 2.61. The Bertz CT molecular complexity index is 103. The lowest BCUT2D eigenvalue weighted by molar-refractivity contribution is 0.127. The van der Waals surface area contributed by atoms with Crippen molar-refractivity contribution in [2.45, 2.75) is 12.5 Å². The SMILES string of the molecule is C=C[C@@H]1C[C@H]1OCCCl. The molecule has 52 valence electrons. The Kier molecular flexibility index (Phi) is 2.55. The Morgan fingerprint density at radius 3 is 3.00 bits per heavy atom. The van der Waals surface area contributed by atoms with Crippen molar-refractivity contribution in [2.75, 3.05) is 12.5 Å². The topological polar surface area (TPSA) is 9.23 Å². The van der Waals surface area contributed by atoms with Gasteiger partial charge in [0.2, 0.25) is 0 Å². The normalized spacial score (nSPS) is 32.1. The Hall–Kier alpha value is -0.0100. The maximum absolute atomic E-state index is 5.41. The third-order valence-electron chi connectivity index (χ3n) is 1.49. The van der Waals surface area contributed by atoms with Crippen LogP contribution in [0.5, 0.6) is 0 Å². The molecule has 2 atom stereocenters. The van der Waals surface area contributed by atoms with Gasteiger partial charge < -0.3 is 4.74 Å². The van der Waals surface area contributed by atoms with Crippen molar-refractivity contribution in [1.29, 1.82) is 0 Å². The van der Waals surface area contributed by atoms with E-state index in [1.807, 2.05) is 6.08 Å². The summed E-state index contributed by atoms with van der Waals surface area (Å²) in [4.78, 5) is 0. The second-order valence-electron chi connectivity index (χ2n) is 2.23. The van der Waals surface area contributed by atoms with Crippen LogP contribution < -0.4 is 0 Å². The molecule has 0 aliphatic heterocycles. The first-order valence-corrected chi connectivity index (χ1v) is 3.72. The molecular weight excluding hydrogens is 136 g/mol. The Morgan fingerprint density at radius 1 is 1.78 bits per heavy atom. The molecule has 0 heterocycles. The van der Waals surface area contributed by atoms with Crippen LogP contribution in [0.15, 0.2) is 12.7 Å². The number of hydrogen-bond donors (Lipinski definition) is 0. The van der Waals surface area contributed by atoms with Crippen LogP contribution in [0.1, 0.15) is 6.42 Å². The highest BCUT2D eigenvalue weighted by atomic mass is 35.5. The summed E-state index contributed by atoms with van der Waals surface area (Å²) >= 11 is 5.41. The van der Waals surface area contributed by atoms with Crippen LogP contribution in [0.2, 0.25) is 0 Å². The van der Waals surface area contributed by atoms with E-state index in [0.29, 0.717) is 24.5 Å². The quantitative estimate of drug-likeness (QED) is 0.434. The van der Waals surface area contributed by atoms with Crippen LogP contribution in [0, 0.1) is 5.92 Å². The molecule has 0 amide bonds. The van der Waals surface area contributed by atoms with Gasteiger partial charge in [0.1, 0.15) is 0 Å². The third kappa shape index (κ3) is 1.99. The average molecular weight is 147 g/mol. The number of ether oxygens (including phenoxy) is 1. The average Bonchev–Trinajstić information content (AvgIpc) is 2.62. The minimum Gasteiger partial charge on any atom is -0.376 e. The van der Waals surface area contributed by atoms with Crippen molar-refractivity contribution in [2.24, 2.45) is 5.92 Å². The first kappa shape index (κ1) is 7.10. The van der Waals surface area contributed by atoms with E-state index in [1.54, 1.807) is 0 Å². The second kappa shape index (κ2) is 3.23. The van der Waals surface area contributed by atoms with Crippen molar-refractivity contribution < 1.29 is 4.74 Å². The molecule has 1 aliphatic rings. The molecule has 9 heavy (non-hydrogen) atoms. The van der Waals surface area contributed by atoms with Crippen LogP contribution in [0.25, 0.3) is 0 Å². The molecule has 1 saturated carbocycles. The summed E-state index contributed by atoms with van der Waals surface area (Å²) in [6.45, 7) is 4.35. The van der Waals surface area contributed by atoms with Crippen molar-refractivity contribution in [3.63, 3.8) is 0 Å². The number of alkyl halides is 1. The van der Waals surface area contributed by atoms with E-state index in [0.717, 1.165) is 6.42 Å². The van der Waals surface area contributed by atoms with Crippen LogP contribution in [-0.2, 0) is 4.74 Å². The standard InChI is InChI=1S/C7H11ClO/c1-2-6-5-7(6)9-4-3-8/h2,6-7H,1,3-5H2/t6-,7-/m1/s1. The highest BCUT2D eigenvalue weighted by molar-refractivity contribution is 6.17. The fourth-order valence-electron chi connectivity index (χ4n) is 0.825. The van der Waals surface area contributed by atoms with Gasteiger partial charge in [0.25, 0.3) is 0 Å². The van der Waals surface area contributed by atoms with Gasteiger partial charge in [0.05, 0.1) is 12.7 Å². The molecular formula is C7H11ClO. The van der Waals surface area contributed by atoms with Crippen molar-refractivity contribution in [1.82, 2.24) is 0 Å². The van der Waals surface area contributed by atoms with Crippen LogP contribution in [-0.4, -0.2) is 18.6 Å². The molecule has 2 heteroatoms. The van der Waals surface area contributed by atoms with Gasteiger partial charge in [-0.2, -0.15) is 0 Å². The van der Waals surface area contributed by atoms with Gasteiger partial charge in [-0.1, -0.05) is 6.08 Å². The smallest absolute Gasteiger partial charge is 0.0645 e. The van der Waals surface area contributed by atoms with E-state index >= 15 is 0 Å². The molecule has 1 aliphatic carbocycles. The number of halogens is 1. The number of hydrogen-bond acceptors (Lipinski definition) is 1. The zero-order chi connectivity index (χ0) is 6.69. The molecule has 0 unspecified atom stereocenters. The summed E-state index contributed by atoms with van der Waals surface area (Å²) in [5.41, 5.74) is 0. The fourth-order valence-corrected chi connectivity index (χ4v) is 0.914. The van der Waals surface area contributed by atoms with Crippen LogP contribution in [0.3, 0.4) is 0 Å². The summed E-state index contributed by atoms with van der Waals surface area (Å²) in [6, 6.07) is 0. The highest BCUT2D eigenvalue weighted by Crippen LogP contribution is 2.34. The van der Waals surface area contributed by atoms with E-state index in [-0.39, 0.29) is 0 Å². The van der Waals surface area contributed by atoms with Crippen molar-refractivity contribution in [3.05, 3.63) is 12.7 Å². The minimum atomic E-state index is 0.432. The summed E-state index contributed by atoms with van der Waals surface area (Å²) < 4.78 is 5.30. The maximum Gasteiger partial charge on any atom is 0.0645 e. The molecule has 0 aromatic heterocycles. The lowest BCUT2D eigenvalue weighted by Crippen LogP contribution is -1.98. The molecule has 0 saturated heterocycles. The summed E-state index contributed by atoms with van der Waals surface area (Å²) in [7, 11) is 0. The molecule has 0 bridgehead atoms. The van der Waals surface area contributed by atoms with E-state index in [2.05, 4.69) is 6.58 Å². The minimum absolute atomic E-state index is 0.432. The number of rotatable bonds is 4. The third-order valence-corrected chi connectivity index (χ3v) is 1.65. The zero-order valence-corrected chi connectivity index (χ0v) is 6.10. The van der Waals surface area contributed by atoms with Gasteiger partial charge in [0, 0.05) is 11.8 Å². The molecule has 0 aromatic carbocycles. The van der Waals surface area contributed by atoms with E-state index in [9.17, 15) is 0 Å². The van der Waals surface area contributed by atoms with Crippen molar-refractivity contribution >= 4 is 11.6 Å². The van der Waals surface area contributed by atoms with E-state index in [4.69, 9.17) is 16.3 Å². The first-order valence-electron chi connectivity index (χ1n) is 3.18. The molecule has 0 aromatic rings. The molecule has 1 fully saturated rings. The summed E-state index contributed by atoms with van der Waals surface area (Å²) in [5, 5.41) is 0. The lowest BCUT2D eigenvalue weighted by atomic mass is 10.4. The largest absolute Gasteiger partial charge is 0.376 e. The van der Waals surface area contributed by atoms with Gasteiger partial charge in [-0.3, -0.25) is 0 Å². The lowest BCUT2D eigenvalue weighted by Gasteiger charge is -1.95. The van der Waals surface area contributed by atoms with Crippen LogP contribution in [0.4, 0.5) is 0 Å². The Morgan fingerprint density at radius 2 is 2.56 bits per heavy atom. The Balaban J connectivity index is 1.98.